The van der Waals surface area contributed by atoms with E-state index in [-0.39, 0.29) is 24.6 Å². The molecular formula is C25H26FNO4. The largest absolute Gasteiger partial charge is 0.497 e. The van der Waals surface area contributed by atoms with Crippen LogP contribution < -0.4 is 4.74 Å². The van der Waals surface area contributed by atoms with Crippen molar-refractivity contribution in [3.05, 3.63) is 88.5 Å². The fourth-order valence-electron chi connectivity index (χ4n) is 3.50. The molecule has 6 heteroatoms. The van der Waals surface area contributed by atoms with Gasteiger partial charge in [0.15, 0.2) is 6.61 Å². The van der Waals surface area contributed by atoms with Crippen molar-refractivity contribution in [1.29, 1.82) is 0 Å². The van der Waals surface area contributed by atoms with Crippen LogP contribution in [0.3, 0.4) is 0 Å². The monoisotopic (exact) mass is 423 g/mol. The summed E-state index contributed by atoms with van der Waals surface area (Å²) in [6.45, 7) is 4.28. The van der Waals surface area contributed by atoms with E-state index in [9.17, 15) is 14.0 Å². The lowest BCUT2D eigenvalue weighted by Crippen LogP contribution is -2.16. The predicted molar refractivity (Wildman–Crippen MR) is 116 cm³/mol. The highest BCUT2D eigenvalue weighted by molar-refractivity contribution is 5.99. The van der Waals surface area contributed by atoms with Crippen molar-refractivity contribution < 1.29 is 23.5 Å². The number of ketones is 1. The van der Waals surface area contributed by atoms with Crippen LogP contribution in [0.15, 0.2) is 54.6 Å². The van der Waals surface area contributed by atoms with Gasteiger partial charge in [-0.05, 0) is 61.7 Å². The standard InChI is InChI=1S/C25H26FNO4/c1-17-14-23(18(2)27(17)13-12-19-6-10-22(30-3)11-7-19)24(28)16-31-25(29)15-20-4-8-21(26)9-5-20/h4-11,14H,12-13,15-16H2,1-3H3. The van der Waals surface area contributed by atoms with E-state index in [0.29, 0.717) is 11.1 Å². The van der Waals surface area contributed by atoms with Gasteiger partial charge in [0, 0.05) is 23.5 Å². The highest BCUT2D eigenvalue weighted by atomic mass is 19.1. The molecule has 0 N–H and O–H groups in total. The molecule has 5 nitrogen and oxygen atoms in total. The molecule has 0 aliphatic carbocycles. The van der Waals surface area contributed by atoms with E-state index in [1.54, 1.807) is 7.11 Å². The van der Waals surface area contributed by atoms with Crippen LogP contribution in [-0.4, -0.2) is 30.0 Å². The van der Waals surface area contributed by atoms with Crippen molar-refractivity contribution in [3.63, 3.8) is 0 Å². The van der Waals surface area contributed by atoms with Gasteiger partial charge in [-0.2, -0.15) is 0 Å². The zero-order valence-corrected chi connectivity index (χ0v) is 18.0. The number of carbonyl (C=O) groups excluding carboxylic acids is 2. The molecule has 31 heavy (non-hydrogen) atoms. The summed E-state index contributed by atoms with van der Waals surface area (Å²) in [4.78, 5) is 24.6. The van der Waals surface area contributed by atoms with Crippen LogP contribution in [0.4, 0.5) is 4.39 Å². The van der Waals surface area contributed by atoms with E-state index in [2.05, 4.69) is 4.57 Å². The van der Waals surface area contributed by atoms with Gasteiger partial charge in [-0.25, -0.2) is 4.39 Å². The first kappa shape index (κ1) is 22.3. The van der Waals surface area contributed by atoms with E-state index >= 15 is 0 Å². The molecule has 1 aromatic heterocycles. The molecule has 3 aromatic rings. The lowest BCUT2D eigenvalue weighted by molar-refractivity contribution is -0.141. The lowest BCUT2D eigenvalue weighted by atomic mass is 10.1. The van der Waals surface area contributed by atoms with Crippen LogP contribution in [-0.2, 0) is 28.9 Å². The number of methoxy groups -OCH3 is 1. The summed E-state index contributed by atoms with van der Waals surface area (Å²) in [5.74, 6) is -0.307. The van der Waals surface area contributed by atoms with E-state index in [0.717, 1.165) is 30.1 Å². The number of Topliss-reactive ketones (excluding diaryl/α,β-unsaturated/α-hetero) is 1. The number of hydrogen-bond acceptors (Lipinski definition) is 4. The molecule has 0 bridgehead atoms. The molecule has 0 unspecified atom stereocenters. The fourth-order valence-corrected chi connectivity index (χ4v) is 3.50. The summed E-state index contributed by atoms with van der Waals surface area (Å²) in [7, 11) is 1.64. The smallest absolute Gasteiger partial charge is 0.310 e. The van der Waals surface area contributed by atoms with Crippen LogP contribution >= 0.6 is 0 Å². The maximum absolute atomic E-state index is 13.0. The van der Waals surface area contributed by atoms with E-state index in [1.165, 1.54) is 29.8 Å². The fraction of sp³-hybridized carbons (Fsp3) is 0.280. The summed E-state index contributed by atoms with van der Waals surface area (Å²) in [6, 6.07) is 15.4. The molecular weight excluding hydrogens is 397 g/mol. The van der Waals surface area contributed by atoms with Crippen molar-refractivity contribution in [3.8, 4) is 5.75 Å². The van der Waals surface area contributed by atoms with E-state index in [1.807, 2.05) is 44.2 Å². The summed E-state index contributed by atoms with van der Waals surface area (Å²) in [6.07, 6.45) is 0.815. The number of nitrogens with zero attached hydrogens (tertiary/aromatic N) is 1. The van der Waals surface area contributed by atoms with Crippen molar-refractivity contribution in [2.45, 2.75) is 33.2 Å². The zero-order chi connectivity index (χ0) is 22.4. The Hall–Kier alpha value is -3.41. The number of aryl methyl sites for hydroxylation is 2. The van der Waals surface area contributed by atoms with Crippen molar-refractivity contribution >= 4 is 11.8 Å². The quantitative estimate of drug-likeness (QED) is 0.377. The van der Waals surface area contributed by atoms with Crippen molar-refractivity contribution in [2.75, 3.05) is 13.7 Å². The van der Waals surface area contributed by atoms with Gasteiger partial charge in [-0.1, -0.05) is 24.3 Å². The molecule has 0 fully saturated rings. The van der Waals surface area contributed by atoms with Crippen LogP contribution in [0, 0.1) is 19.7 Å². The molecule has 162 valence electrons. The summed E-state index contributed by atoms with van der Waals surface area (Å²) in [5.41, 5.74) is 4.20. The molecule has 0 aliphatic rings. The molecule has 0 spiro atoms. The third kappa shape index (κ3) is 5.81. The van der Waals surface area contributed by atoms with Crippen LogP contribution in [0.1, 0.15) is 32.9 Å². The normalized spacial score (nSPS) is 10.7. The number of carbonyl (C=O) groups is 2. The topological polar surface area (TPSA) is 57.5 Å². The minimum absolute atomic E-state index is 0.00551. The van der Waals surface area contributed by atoms with Gasteiger partial charge in [0.05, 0.1) is 13.5 Å². The number of benzene rings is 2. The highest BCUT2D eigenvalue weighted by Crippen LogP contribution is 2.18. The molecule has 0 saturated carbocycles. The first-order valence-electron chi connectivity index (χ1n) is 10.1. The first-order chi connectivity index (χ1) is 14.9. The Morgan fingerprint density at radius 1 is 0.968 bits per heavy atom. The van der Waals surface area contributed by atoms with E-state index < -0.39 is 5.97 Å². The van der Waals surface area contributed by atoms with E-state index in [4.69, 9.17) is 9.47 Å². The Labute approximate surface area is 181 Å². The lowest BCUT2D eigenvalue weighted by Gasteiger charge is -2.10. The molecule has 0 saturated heterocycles. The summed E-state index contributed by atoms with van der Waals surface area (Å²) in [5, 5.41) is 0. The minimum atomic E-state index is -0.520. The van der Waals surface area contributed by atoms with Gasteiger partial charge >= 0.3 is 5.97 Å². The predicted octanol–water partition coefficient (Wildman–Crippen LogP) is 4.46. The maximum atomic E-state index is 13.0. The maximum Gasteiger partial charge on any atom is 0.310 e. The van der Waals surface area contributed by atoms with Gasteiger partial charge in [-0.3, -0.25) is 9.59 Å². The number of ether oxygens (including phenoxy) is 2. The SMILES string of the molecule is COc1ccc(CCn2c(C)cc(C(=O)COC(=O)Cc3ccc(F)cc3)c2C)cc1. The van der Waals surface area contributed by atoms with Gasteiger partial charge in [-0.15, -0.1) is 0 Å². The van der Waals surface area contributed by atoms with Crippen LogP contribution in [0.2, 0.25) is 0 Å². The Balaban J connectivity index is 1.57. The van der Waals surface area contributed by atoms with Crippen molar-refractivity contribution in [2.24, 2.45) is 0 Å². The molecule has 2 aromatic carbocycles. The Bertz CT molecular complexity index is 1050. The number of rotatable bonds is 9. The van der Waals surface area contributed by atoms with Gasteiger partial charge in [0.1, 0.15) is 11.6 Å². The molecule has 0 amide bonds. The molecule has 3 rings (SSSR count). The second-order valence-corrected chi connectivity index (χ2v) is 7.42. The Morgan fingerprint density at radius 2 is 1.61 bits per heavy atom. The number of esters is 1. The third-order valence-electron chi connectivity index (χ3n) is 5.28. The summed E-state index contributed by atoms with van der Waals surface area (Å²) < 4.78 is 25.4. The average Bonchev–Trinajstić information content (AvgIpc) is 3.06. The van der Waals surface area contributed by atoms with Crippen LogP contribution in [0.5, 0.6) is 5.75 Å². The zero-order valence-electron chi connectivity index (χ0n) is 18.0. The second kappa shape index (κ2) is 10.1. The van der Waals surface area contributed by atoms with Crippen LogP contribution in [0.25, 0.3) is 0 Å². The molecule has 0 aliphatic heterocycles. The number of halogens is 1. The van der Waals surface area contributed by atoms with Gasteiger partial charge < -0.3 is 14.0 Å². The summed E-state index contributed by atoms with van der Waals surface area (Å²) >= 11 is 0. The van der Waals surface area contributed by atoms with Gasteiger partial charge in [0.25, 0.3) is 0 Å². The number of hydrogen-bond donors (Lipinski definition) is 0. The Kier molecular flexibility index (Phi) is 7.23. The molecule has 0 atom stereocenters. The highest BCUT2D eigenvalue weighted by Gasteiger charge is 2.17. The van der Waals surface area contributed by atoms with Gasteiger partial charge in [0.2, 0.25) is 5.78 Å². The second-order valence-electron chi connectivity index (χ2n) is 7.42. The minimum Gasteiger partial charge on any atom is -0.497 e. The third-order valence-corrected chi connectivity index (χ3v) is 5.28. The average molecular weight is 423 g/mol. The number of aromatic nitrogens is 1. The first-order valence-corrected chi connectivity index (χ1v) is 10.1. The molecule has 1 heterocycles. The molecule has 0 radical (unpaired) electrons. The Morgan fingerprint density at radius 3 is 2.26 bits per heavy atom. The van der Waals surface area contributed by atoms with Crippen molar-refractivity contribution in [1.82, 2.24) is 4.57 Å².